The molecule has 0 unspecified atom stereocenters. The number of anilines is 1. The van der Waals surface area contributed by atoms with Gasteiger partial charge in [-0.15, -0.1) is 0 Å². The number of halogens is 3. The Labute approximate surface area is 292 Å². The summed E-state index contributed by atoms with van der Waals surface area (Å²) in [7, 11) is 0. The summed E-state index contributed by atoms with van der Waals surface area (Å²) in [5.41, 5.74) is -0.405. The van der Waals surface area contributed by atoms with Crippen molar-refractivity contribution < 1.29 is 29.3 Å². The van der Waals surface area contributed by atoms with E-state index in [0.717, 1.165) is 18.4 Å². The Morgan fingerprint density at radius 3 is 2.45 bits per heavy atom. The van der Waals surface area contributed by atoms with E-state index in [-0.39, 0.29) is 22.5 Å². The number of aliphatic hydroxyl groups excluding tert-OH is 3. The number of benzene rings is 3. The normalized spacial score (nSPS) is 23.7. The van der Waals surface area contributed by atoms with Gasteiger partial charge in [-0.3, -0.25) is 14.5 Å². The molecule has 3 aromatic carbocycles. The number of amides is 2. The van der Waals surface area contributed by atoms with E-state index in [2.05, 4.69) is 20.1 Å². The lowest BCUT2D eigenvalue weighted by atomic mass is 9.73. The fourth-order valence-electron chi connectivity index (χ4n) is 7.82. The number of nitrogens with one attached hydrogen (secondary N) is 2. The largest absolute Gasteiger partial charge is 0.394 e. The number of likely N-dealkylation sites (tertiary alicyclic amines) is 1. The van der Waals surface area contributed by atoms with E-state index in [0.29, 0.717) is 53.0 Å². The number of imidazole rings is 1. The maximum absolute atomic E-state index is 16.2. The Morgan fingerprint density at radius 2 is 1.76 bits per heavy atom. The van der Waals surface area contributed by atoms with Crippen molar-refractivity contribution in [2.45, 2.75) is 61.7 Å². The van der Waals surface area contributed by atoms with Gasteiger partial charge in [0.05, 0.1) is 35.9 Å². The topological polar surface area (TPSA) is 140 Å². The summed E-state index contributed by atoms with van der Waals surface area (Å²) in [6, 6.07) is 16.7. The number of carbonyl (C=O) groups is 2. The molecule has 3 heterocycles. The average Bonchev–Trinajstić information content (AvgIpc) is 3.79. The molecule has 1 saturated heterocycles. The van der Waals surface area contributed by atoms with Gasteiger partial charge >= 0.3 is 0 Å². The van der Waals surface area contributed by atoms with E-state index in [1.165, 1.54) is 6.07 Å². The lowest BCUT2D eigenvalue weighted by Gasteiger charge is -2.40. The first-order valence-electron chi connectivity index (χ1n) is 16.5. The standard InChI is InChI=1S/C36H38Cl2FN5O5/c1-35(34(49)40-23-5-2-4-22(37)15-23)30(24-6-3-7-25(38)31(24)39)29-28(44(35)16-20-8-9-20)12-13-43-27-11-10-21(14-26(27)41-32(29)43)33(48)42-36(17-45,18-46)19-47/h2-7,10-11,14-15,20,28-30,45-47H,8-9,12-13,16-19H2,1H3,(H,40,49)(H,42,48)/t28-,29+,30-,35+/m0/s1. The van der Waals surface area contributed by atoms with Crippen LogP contribution in [0.3, 0.4) is 0 Å². The summed E-state index contributed by atoms with van der Waals surface area (Å²) < 4.78 is 18.3. The average molecular weight is 711 g/mol. The van der Waals surface area contributed by atoms with E-state index in [1.807, 2.05) is 6.92 Å². The molecule has 5 N–H and O–H groups in total. The molecule has 1 saturated carbocycles. The number of aliphatic hydroxyl groups is 3. The van der Waals surface area contributed by atoms with Crippen LogP contribution in [-0.2, 0) is 11.3 Å². The van der Waals surface area contributed by atoms with Crippen LogP contribution in [0.15, 0.2) is 60.7 Å². The molecule has 0 bridgehead atoms. The number of fused-ring (bicyclic) bond motifs is 5. The minimum atomic E-state index is -1.59. The summed E-state index contributed by atoms with van der Waals surface area (Å²) in [4.78, 5) is 35.2. The zero-order chi connectivity index (χ0) is 34.7. The number of aryl methyl sites for hydroxylation is 1. The van der Waals surface area contributed by atoms with Crippen molar-refractivity contribution in [1.82, 2.24) is 19.8 Å². The van der Waals surface area contributed by atoms with Crippen LogP contribution >= 0.6 is 23.2 Å². The predicted molar refractivity (Wildman–Crippen MR) is 184 cm³/mol. The second kappa shape index (κ2) is 12.9. The van der Waals surface area contributed by atoms with Crippen LogP contribution < -0.4 is 10.6 Å². The van der Waals surface area contributed by atoms with Crippen molar-refractivity contribution in [2.75, 3.05) is 31.7 Å². The maximum Gasteiger partial charge on any atom is 0.252 e. The molecule has 258 valence electrons. The van der Waals surface area contributed by atoms with Gasteiger partial charge in [-0.1, -0.05) is 41.4 Å². The lowest BCUT2D eigenvalue weighted by molar-refractivity contribution is -0.127. The molecule has 4 aromatic rings. The van der Waals surface area contributed by atoms with Crippen LogP contribution in [0, 0.1) is 11.7 Å². The van der Waals surface area contributed by atoms with Gasteiger partial charge in [-0.05, 0) is 80.1 Å². The maximum atomic E-state index is 16.2. The summed E-state index contributed by atoms with van der Waals surface area (Å²) in [5, 5.41) is 35.3. The molecule has 1 aliphatic carbocycles. The highest BCUT2D eigenvalue weighted by Crippen LogP contribution is 2.58. The molecule has 10 nitrogen and oxygen atoms in total. The Morgan fingerprint density at radius 1 is 1.02 bits per heavy atom. The van der Waals surface area contributed by atoms with Gasteiger partial charge in [0.2, 0.25) is 5.91 Å². The molecule has 4 atom stereocenters. The summed E-state index contributed by atoms with van der Waals surface area (Å²) in [5.74, 6) is -1.44. The van der Waals surface area contributed by atoms with Crippen molar-refractivity contribution in [3.8, 4) is 0 Å². The molecule has 3 aliphatic rings. The highest BCUT2D eigenvalue weighted by atomic mass is 35.5. The van der Waals surface area contributed by atoms with E-state index in [9.17, 15) is 24.9 Å². The second-order valence-electron chi connectivity index (χ2n) is 13.7. The zero-order valence-corrected chi connectivity index (χ0v) is 28.4. The van der Waals surface area contributed by atoms with Crippen LogP contribution in [0.5, 0.6) is 0 Å². The zero-order valence-electron chi connectivity index (χ0n) is 26.9. The van der Waals surface area contributed by atoms with E-state index in [1.54, 1.807) is 54.6 Å². The number of rotatable bonds is 10. The van der Waals surface area contributed by atoms with Crippen LogP contribution in [0.25, 0.3) is 11.0 Å². The molecular weight excluding hydrogens is 672 g/mol. The molecule has 1 aromatic heterocycles. The minimum absolute atomic E-state index is 0.0306. The molecular formula is C36H38Cl2FN5O5. The highest BCUT2D eigenvalue weighted by molar-refractivity contribution is 6.31. The molecule has 0 spiro atoms. The van der Waals surface area contributed by atoms with Gasteiger partial charge in [0.25, 0.3) is 5.91 Å². The van der Waals surface area contributed by atoms with Gasteiger partial charge in [0.15, 0.2) is 0 Å². The van der Waals surface area contributed by atoms with E-state index < -0.39 is 54.5 Å². The number of hydrogen-bond acceptors (Lipinski definition) is 7. The van der Waals surface area contributed by atoms with Crippen LogP contribution in [-0.4, -0.2) is 85.1 Å². The number of aromatic nitrogens is 2. The first-order chi connectivity index (χ1) is 23.5. The highest BCUT2D eigenvalue weighted by Gasteiger charge is 2.63. The quantitative estimate of drug-likeness (QED) is 0.161. The van der Waals surface area contributed by atoms with E-state index in [4.69, 9.17) is 28.2 Å². The smallest absolute Gasteiger partial charge is 0.252 e. The van der Waals surface area contributed by atoms with Crippen molar-refractivity contribution >= 4 is 51.7 Å². The summed E-state index contributed by atoms with van der Waals surface area (Å²) >= 11 is 12.7. The van der Waals surface area contributed by atoms with Crippen molar-refractivity contribution in [3.63, 3.8) is 0 Å². The Balaban J connectivity index is 1.36. The third kappa shape index (κ3) is 5.80. The molecule has 2 fully saturated rings. The molecule has 2 amide bonds. The molecule has 0 radical (unpaired) electrons. The summed E-state index contributed by atoms with van der Waals surface area (Å²) in [6.45, 7) is 1.20. The SMILES string of the molecule is C[C@]1(C(=O)Nc2cccc(Cl)c2)[C@@H](c2cccc(Cl)c2F)[C@@H]2c3nc4cc(C(=O)NC(CO)(CO)CO)ccc4n3CC[C@@H]2N1CC1CC1. The first kappa shape index (κ1) is 33.9. The first-order valence-corrected chi connectivity index (χ1v) is 17.2. The van der Waals surface area contributed by atoms with Gasteiger partial charge in [-0.25, -0.2) is 9.37 Å². The third-order valence-corrected chi connectivity index (χ3v) is 11.2. The van der Waals surface area contributed by atoms with Gasteiger partial charge in [0, 0.05) is 47.2 Å². The van der Waals surface area contributed by atoms with E-state index >= 15 is 4.39 Å². The fourth-order valence-corrected chi connectivity index (χ4v) is 8.20. The molecule has 7 rings (SSSR count). The number of hydrogen-bond donors (Lipinski definition) is 5. The number of nitrogens with zero attached hydrogens (tertiary/aromatic N) is 3. The monoisotopic (exact) mass is 709 g/mol. The minimum Gasteiger partial charge on any atom is -0.394 e. The van der Waals surface area contributed by atoms with Gasteiger partial charge in [0.1, 0.15) is 22.7 Å². The molecule has 49 heavy (non-hydrogen) atoms. The van der Waals surface area contributed by atoms with Gasteiger partial charge in [-0.2, -0.15) is 0 Å². The predicted octanol–water partition coefficient (Wildman–Crippen LogP) is 4.69. The van der Waals surface area contributed by atoms with Crippen LogP contribution in [0.2, 0.25) is 10.0 Å². The van der Waals surface area contributed by atoms with Crippen LogP contribution in [0.4, 0.5) is 10.1 Å². The molecule has 13 heteroatoms. The van der Waals surface area contributed by atoms with Gasteiger partial charge < -0.3 is 30.5 Å². The van der Waals surface area contributed by atoms with Crippen molar-refractivity contribution in [2.24, 2.45) is 5.92 Å². The van der Waals surface area contributed by atoms with Crippen molar-refractivity contribution in [3.05, 3.63) is 93.5 Å². The number of carbonyl (C=O) groups excluding carboxylic acids is 2. The fraction of sp³-hybridized carbons (Fsp3) is 0.417. The summed E-state index contributed by atoms with van der Waals surface area (Å²) in [6.07, 6.45) is 2.80. The lowest BCUT2D eigenvalue weighted by Crippen LogP contribution is -2.57. The van der Waals surface area contributed by atoms with Crippen molar-refractivity contribution in [1.29, 1.82) is 0 Å². The third-order valence-electron chi connectivity index (χ3n) is 10.7. The Bertz CT molecular complexity index is 1920. The second-order valence-corrected chi connectivity index (χ2v) is 14.6. The Hall–Kier alpha value is -3.58. The molecule has 2 aliphatic heterocycles. The van der Waals surface area contributed by atoms with Crippen LogP contribution in [0.1, 0.15) is 59.8 Å². The Kier molecular flexibility index (Phi) is 8.96.